The van der Waals surface area contributed by atoms with E-state index in [-0.39, 0.29) is 0 Å². The van der Waals surface area contributed by atoms with Crippen LogP contribution in [0.15, 0.2) is 42.5 Å². The van der Waals surface area contributed by atoms with Crippen LogP contribution in [0.5, 0.6) is 5.75 Å². The average Bonchev–Trinajstić information content (AvgIpc) is 2.04. The molecular weight excluding hydrogens is 137 g/mol. The van der Waals surface area contributed by atoms with Crippen LogP contribution in [0.25, 0.3) is 10.8 Å². The molecule has 0 saturated carbocycles. The summed E-state index contributed by atoms with van der Waals surface area (Å²) in [5, 5.41) is 11.4. The van der Waals surface area contributed by atoms with Gasteiger partial charge >= 0.3 is 0 Å². The van der Waals surface area contributed by atoms with E-state index in [1.54, 1.807) is 12.1 Å². The van der Waals surface area contributed by atoms with Crippen LogP contribution in [0.3, 0.4) is 0 Å². The highest BCUT2D eigenvalue weighted by Gasteiger charge is 1.91. The molecule has 0 aromatic heterocycles. The summed E-state index contributed by atoms with van der Waals surface area (Å²) in [4.78, 5) is 0. The molecule has 0 unspecified atom stereocenters. The number of hydrogen-bond donors (Lipinski definition) is 1. The van der Waals surface area contributed by atoms with Crippen molar-refractivity contribution >= 4 is 10.8 Å². The zero-order valence-electron chi connectivity index (χ0n) is 5.99. The van der Waals surface area contributed by atoms with Crippen molar-refractivity contribution in [2.45, 2.75) is 0 Å². The van der Waals surface area contributed by atoms with E-state index in [9.17, 15) is 0 Å². The van der Waals surface area contributed by atoms with Gasteiger partial charge in [0.15, 0.2) is 0 Å². The van der Waals surface area contributed by atoms with Gasteiger partial charge in [-0.1, -0.05) is 30.3 Å². The van der Waals surface area contributed by atoms with E-state index in [4.69, 9.17) is 5.11 Å². The first kappa shape index (κ1) is 6.23. The highest BCUT2D eigenvalue weighted by Crippen LogP contribution is 2.18. The van der Waals surface area contributed by atoms with Gasteiger partial charge in [0.25, 0.3) is 0 Å². The Morgan fingerprint density at radius 3 is 2.36 bits per heavy atom. The van der Waals surface area contributed by atoms with Gasteiger partial charge in [-0.25, -0.2) is 0 Å². The maximum atomic E-state index is 9.13. The number of phenolic OH excluding ortho intramolecular Hbond substituents is 1. The summed E-state index contributed by atoms with van der Waals surface area (Å²) in [6.45, 7) is 0. The zero-order chi connectivity index (χ0) is 7.68. The van der Waals surface area contributed by atoms with Crippen LogP contribution < -0.4 is 0 Å². The second kappa shape index (κ2) is 2.27. The first-order valence-corrected chi connectivity index (χ1v) is 3.54. The van der Waals surface area contributed by atoms with Crippen molar-refractivity contribution in [1.29, 1.82) is 0 Å². The van der Waals surface area contributed by atoms with Gasteiger partial charge in [0.2, 0.25) is 0 Å². The molecule has 0 heterocycles. The maximum Gasteiger partial charge on any atom is 0.116 e. The van der Waals surface area contributed by atoms with Gasteiger partial charge in [-0.3, -0.25) is 0 Å². The third kappa shape index (κ3) is 1.05. The molecular formula is C10H8O. The molecule has 0 aliphatic carbocycles. The Bertz CT molecular complexity index is 379. The molecule has 11 heavy (non-hydrogen) atoms. The van der Waals surface area contributed by atoms with Crippen LogP contribution in [-0.4, -0.2) is 5.11 Å². The fraction of sp³-hybridized carbons (Fsp3) is 0. The molecule has 0 aliphatic heterocycles. The quantitative estimate of drug-likeness (QED) is 0.604. The normalized spacial score (nSPS) is 10.2. The lowest BCUT2D eigenvalue weighted by Gasteiger charge is -1.96. The van der Waals surface area contributed by atoms with Crippen LogP contribution in [-0.2, 0) is 0 Å². The lowest BCUT2D eigenvalue weighted by atomic mass is 10.2. The van der Waals surface area contributed by atoms with Crippen molar-refractivity contribution in [3.63, 3.8) is 0 Å². The summed E-state index contributed by atoms with van der Waals surface area (Å²) in [5.41, 5.74) is 0. The van der Waals surface area contributed by atoms with E-state index >= 15 is 0 Å². The predicted molar refractivity (Wildman–Crippen MR) is 45.6 cm³/mol. The van der Waals surface area contributed by atoms with E-state index in [2.05, 4.69) is 0 Å². The third-order valence-electron chi connectivity index (χ3n) is 1.73. The highest BCUT2D eigenvalue weighted by molar-refractivity contribution is 5.83. The van der Waals surface area contributed by atoms with Crippen molar-refractivity contribution in [2.24, 2.45) is 0 Å². The van der Waals surface area contributed by atoms with Crippen LogP contribution in [0.2, 0.25) is 0 Å². The molecule has 0 spiro atoms. The van der Waals surface area contributed by atoms with E-state index in [0.717, 1.165) is 10.8 Å². The minimum atomic E-state index is 0.323. The summed E-state index contributed by atoms with van der Waals surface area (Å²) < 4.78 is 0. The number of rotatable bonds is 0. The first-order chi connectivity index (χ1) is 5.36. The molecule has 0 bridgehead atoms. The predicted octanol–water partition coefficient (Wildman–Crippen LogP) is 2.55. The number of phenols is 1. The topological polar surface area (TPSA) is 20.2 Å². The molecule has 0 aliphatic rings. The molecule has 1 heteroatoms. The minimum absolute atomic E-state index is 0.323. The fourth-order valence-corrected chi connectivity index (χ4v) is 1.18. The van der Waals surface area contributed by atoms with Crippen LogP contribution in [0, 0.1) is 0 Å². The van der Waals surface area contributed by atoms with Crippen molar-refractivity contribution < 1.29 is 5.11 Å². The van der Waals surface area contributed by atoms with Gasteiger partial charge in [-0.15, -0.1) is 0 Å². The van der Waals surface area contributed by atoms with E-state index < -0.39 is 0 Å². The van der Waals surface area contributed by atoms with Crippen LogP contribution >= 0.6 is 0 Å². The van der Waals surface area contributed by atoms with Gasteiger partial charge < -0.3 is 5.11 Å². The Morgan fingerprint density at radius 2 is 1.55 bits per heavy atom. The molecule has 0 radical (unpaired) electrons. The second-order valence-corrected chi connectivity index (χ2v) is 2.53. The summed E-state index contributed by atoms with van der Waals surface area (Å²) in [5.74, 6) is 0.323. The summed E-state index contributed by atoms with van der Waals surface area (Å²) >= 11 is 0. The summed E-state index contributed by atoms with van der Waals surface area (Å²) in [7, 11) is 0. The monoisotopic (exact) mass is 145 g/mol. The van der Waals surface area contributed by atoms with Crippen molar-refractivity contribution in [2.75, 3.05) is 0 Å². The van der Waals surface area contributed by atoms with E-state index in [0.29, 0.717) is 5.75 Å². The molecule has 2 aromatic carbocycles. The lowest BCUT2D eigenvalue weighted by molar-refractivity contribution is 0.476. The van der Waals surface area contributed by atoms with Gasteiger partial charge in [0, 0.05) is 0 Å². The largest absolute Gasteiger partial charge is 0.508 e. The highest BCUT2D eigenvalue weighted by atomic mass is 16.3. The molecule has 1 N–H and O–H groups in total. The Labute approximate surface area is 64.9 Å². The summed E-state index contributed by atoms with van der Waals surface area (Å²) in [6, 6.07) is 13.3. The fourth-order valence-electron chi connectivity index (χ4n) is 1.18. The number of hydrogen-bond acceptors (Lipinski definition) is 1. The average molecular weight is 145 g/mol. The second-order valence-electron chi connectivity index (χ2n) is 2.53. The molecule has 2 aromatic rings. The van der Waals surface area contributed by atoms with Crippen molar-refractivity contribution in [3.05, 3.63) is 42.5 Å². The third-order valence-corrected chi connectivity index (χ3v) is 1.73. The molecule has 1 nitrogen and oxygen atoms in total. The lowest BCUT2D eigenvalue weighted by Crippen LogP contribution is -1.69. The SMILES string of the molecule is O[13c]1ccc2ccccc2c1. The summed E-state index contributed by atoms with van der Waals surface area (Å²) in [6.07, 6.45) is 0. The number of aromatic hydroxyl groups is 1. The van der Waals surface area contributed by atoms with Gasteiger partial charge in [0.1, 0.15) is 5.75 Å². The molecule has 54 valence electrons. The Hall–Kier alpha value is -1.50. The molecule has 0 saturated heterocycles. The zero-order valence-corrected chi connectivity index (χ0v) is 5.99. The Balaban J connectivity index is 2.83. The van der Waals surface area contributed by atoms with Gasteiger partial charge in [-0.2, -0.15) is 0 Å². The van der Waals surface area contributed by atoms with Crippen molar-refractivity contribution in [1.82, 2.24) is 0 Å². The van der Waals surface area contributed by atoms with Gasteiger partial charge in [0.05, 0.1) is 0 Å². The smallest absolute Gasteiger partial charge is 0.116 e. The minimum Gasteiger partial charge on any atom is -0.508 e. The van der Waals surface area contributed by atoms with Crippen LogP contribution in [0.1, 0.15) is 0 Å². The van der Waals surface area contributed by atoms with E-state index in [1.165, 1.54) is 0 Å². The first-order valence-electron chi connectivity index (χ1n) is 3.54. The Morgan fingerprint density at radius 1 is 0.818 bits per heavy atom. The molecule has 0 amide bonds. The van der Waals surface area contributed by atoms with Gasteiger partial charge in [-0.05, 0) is 22.9 Å². The maximum absolute atomic E-state index is 9.13. The molecule has 0 atom stereocenters. The molecule has 2 rings (SSSR count). The number of fused-ring (bicyclic) bond motifs is 1. The number of benzene rings is 2. The Kier molecular flexibility index (Phi) is 1.29. The molecule has 0 fully saturated rings. The van der Waals surface area contributed by atoms with Crippen LogP contribution in [0.4, 0.5) is 0 Å². The standard InChI is InChI=1S/C10H8O/c11-10-6-5-8-3-1-2-4-9(8)7-10/h1-7,11H/i10+1. The van der Waals surface area contributed by atoms with Crippen molar-refractivity contribution in [3.8, 4) is 5.75 Å². The van der Waals surface area contributed by atoms with E-state index in [1.807, 2.05) is 30.3 Å².